The Bertz CT molecular complexity index is 202. The minimum atomic E-state index is -4.20. The fraction of sp³-hybridized carbons (Fsp3) is 1.00. The average molecular weight is 239 g/mol. The topological polar surface area (TPSA) is 21.3 Å². The van der Waals surface area contributed by atoms with Crippen LogP contribution in [0.4, 0.5) is 13.2 Å². The first-order valence-electron chi connectivity index (χ1n) is 5.83. The van der Waals surface area contributed by atoms with E-state index in [2.05, 4.69) is 17.0 Å². The first-order chi connectivity index (χ1) is 7.47. The summed E-state index contributed by atoms with van der Waals surface area (Å²) in [7, 11) is 0. The Kier molecular flexibility index (Phi) is 5.05. The predicted octanol–water partition coefficient (Wildman–Crippen LogP) is 2.74. The zero-order valence-corrected chi connectivity index (χ0v) is 9.70. The lowest BCUT2D eigenvalue weighted by molar-refractivity contribution is -0.173. The molecular formula is C11H20F3NO. The Morgan fingerprint density at radius 3 is 2.50 bits per heavy atom. The molecule has 0 heterocycles. The van der Waals surface area contributed by atoms with Crippen molar-refractivity contribution >= 4 is 0 Å². The van der Waals surface area contributed by atoms with Crippen LogP contribution in [0.15, 0.2) is 0 Å². The lowest BCUT2D eigenvalue weighted by Gasteiger charge is -2.13. The third-order valence-corrected chi connectivity index (χ3v) is 3.12. The van der Waals surface area contributed by atoms with Crippen molar-refractivity contribution in [3.63, 3.8) is 0 Å². The van der Waals surface area contributed by atoms with Crippen LogP contribution in [-0.2, 0) is 4.74 Å². The largest absolute Gasteiger partial charge is 0.411 e. The molecule has 1 aliphatic rings. The normalized spacial score (nSPS) is 18.8. The predicted molar refractivity (Wildman–Crippen MR) is 56.3 cm³/mol. The van der Waals surface area contributed by atoms with Gasteiger partial charge in [0.1, 0.15) is 6.61 Å². The third kappa shape index (κ3) is 5.70. The Hall–Kier alpha value is -0.290. The molecule has 5 heteroatoms. The molecule has 2 nitrogen and oxygen atoms in total. The van der Waals surface area contributed by atoms with Crippen molar-refractivity contribution in [2.45, 2.75) is 38.8 Å². The van der Waals surface area contributed by atoms with E-state index in [1.54, 1.807) is 0 Å². The van der Waals surface area contributed by atoms with Crippen molar-refractivity contribution in [2.24, 2.45) is 5.41 Å². The van der Waals surface area contributed by atoms with E-state index < -0.39 is 12.8 Å². The summed E-state index contributed by atoms with van der Waals surface area (Å²) >= 11 is 0. The zero-order chi connectivity index (χ0) is 12.1. The molecule has 1 fully saturated rings. The summed E-state index contributed by atoms with van der Waals surface area (Å²) < 4.78 is 39.6. The van der Waals surface area contributed by atoms with Crippen LogP contribution in [0.1, 0.15) is 32.6 Å². The number of hydrogen-bond acceptors (Lipinski definition) is 2. The third-order valence-electron chi connectivity index (χ3n) is 3.12. The number of ether oxygens (including phenoxy) is 1. The molecule has 0 aromatic heterocycles. The maximum Gasteiger partial charge on any atom is 0.411 e. The van der Waals surface area contributed by atoms with E-state index in [1.807, 2.05) is 0 Å². The summed E-state index contributed by atoms with van der Waals surface area (Å²) in [4.78, 5) is 0. The number of alkyl halides is 3. The first-order valence-corrected chi connectivity index (χ1v) is 5.83. The van der Waals surface area contributed by atoms with Gasteiger partial charge < -0.3 is 10.1 Å². The molecule has 0 aliphatic heterocycles. The highest BCUT2D eigenvalue weighted by molar-refractivity contribution is 4.93. The second-order valence-corrected chi connectivity index (χ2v) is 4.55. The van der Waals surface area contributed by atoms with E-state index >= 15 is 0 Å². The molecule has 1 rings (SSSR count). The molecule has 0 radical (unpaired) electrons. The molecule has 1 N–H and O–H groups in total. The van der Waals surface area contributed by atoms with Gasteiger partial charge in [0, 0.05) is 13.2 Å². The molecule has 0 aromatic rings. The molecule has 16 heavy (non-hydrogen) atoms. The quantitative estimate of drug-likeness (QED) is 0.658. The summed E-state index contributed by atoms with van der Waals surface area (Å²) in [6.07, 6.45) is 0.177. The lowest BCUT2D eigenvalue weighted by Crippen LogP contribution is -2.25. The molecule has 96 valence electrons. The summed E-state index contributed by atoms with van der Waals surface area (Å²) in [6, 6.07) is 0. The van der Waals surface area contributed by atoms with E-state index in [0.717, 1.165) is 13.1 Å². The molecule has 1 aliphatic carbocycles. The van der Waals surface area contributed by atoms with Gasteiger partial charge >= 0.3 is 6.18 Å². The SMILES string of the molecule is CCC1(CNCCCOCC(F)(F)F)CC1. The maximum atomic E-state index is 11.7. The van der Waals surface area contributed by atoms with E-state index in [0.29, 0.717) is 11.8 Å². The van der Waals surface area contributed by atoms with Gasteiger partial charge in [0.25, 0.3) is 0 Å². The zero-order valence-electron chi connectivity index (χ0n) is 9.70. The van der Waals surface area contributed by atoms with Gasteiger partial charge in [0.05, 0.1) is 0 Å². The van der Waals surface area contributed by atoms with Crippen molar-refractivity contribution in [3.05, 3.63) is 0 Å². The number of halogens is 3. The minimum absolute atomic E-state index is 0.172. The number of nitrogens with one attached hydrogen (secondary N) is 1. The fourth-order valence-corrected chi connectivity index (χ4v) is 1.67. The van der Waals surface area contributed by atoms with E-state index in [-0.39, 0.29) is 6.61 Å². The Labute approximate surface area is 94.5 Å². The Morgan fingerprint density at radius 2 is 2.00 bits per heavy atom. The minimum Gasteiger partial charge on any atom is -0.372 e. The van der Waals surface area contributed by atoms with Gasteiger partial charge in [-0.2, -0.15) is 13.2 Å². The fourth-order valence-electron chi connectivity index (χ4n) is 1.67. The Morgan fingerprint density at radius 1 is 1.31 bits per heavy atom. The Balaban J connectivity index is 1.85. The van der Waals surface area contributed by atoms with Crippen LogP contribution in [0.25, 0.3) is 0 Å². The number of hydrogen-bond donors (Lipinski definition) is 1. The van der Waals surface area contributed by atoms with E-state index in [4.69, 9.17) is 0 Å². The lowest BCUT2D eigenvalue weighted by atomic mass is 10.0. The van der Waals surface area contributed by atoms with Crippen molar-refractivity contribution in [1.82, 2.24) is 5.32 Å². The maximum absolute atomic E-state index is 11.7. The van der Waals surface area contributed by atoms with Crippen LogP contribution in [0.5, 0.6) is 0 Å². The average Bonchev–Trinajstić information content (AvgIpc) is 2.96. The van der Waals surface area contributed by atoms with Gasteiger partial charge in [0.15, 0.2) is 0 Å². The molecule has 0 bridgehead atoms. The summed E-state index contributed by atoms with van der Waals surface area (Å²) in [5.41, 5.74) is 0.493. The highest BCUT2D eigenvalue weighted by Gasteiger charge is 2.39. The monoisotopic (exact) mass is 239 g/mol. The molecule has 0 unspecified atom stereocenters. The van der Waals surface area contributed by atoms with Crippen LogP contribution < -0.4 is 5.32 Å². The van der Waals surface area contributed by atoms with Crippen LogP contribution in [0.3, 0.4) is 0 Å². The highest BCUT2D eigenvalue weighted by atomic mass is 19.4. The van der Waals surface area contributed by atoms with Crippen LogP contribution in [0, 0.1) is 5.41 Å². The molecule has 1 saturated carbocycles. The number of rotatable bonds is 8. The van der Waals surface area contributed by atoms with Crippen LogP contribution in [0.2, 0.25) is 0 Å². The van der Waals surface area contributed by atoms with Gasteiger partial charge in [0.2, 0.25) is 0 Å². The van der Waals surface area contributed by atoms with Gasteiger partial charge in [-0.25, -0.2) is 0 Å². The van der Waals surface area contributed by atoms with Gasteiger partial charge in [-0.05, 0) is 37.6 Å². The van der Waals surface area contributed by atoms with E-state index in [9.17, 15) is 13.2 Å². The smallest absolute Gasteiger partial charge is 0.372 e. The van der Waals surface area contributed by atoms with Gasteiger partial charge in [-0.15, -0.1) is 0 Å². The van der Waals surface area contributed by atoms with E-state index in [1.165, 1.54) is 19.3 Å². The van der Waals surface area contributed by atoms with Crippen molar-refractivity contribution in [1.29, 1.82) is 0 Å². The van der Waals surface area contributed by atoms with Gasteiger partial charge in [-0.3, -0.25) is 0 Å². The standard InChI is InChI=1S/C11H20F3NO/c1-2-10(4-5-10)8-15-6-3-7-16-9-11(12,13)14/h15H,2-9H2,1H3. The molecule has 0 aromatic carbocycles. The van der Waals surface area contributed by atoms with Crippen molar-refractivity contribution < 1.29 is 17.9 Å². The molecule has 0 atom stereocenters. The summed E-state index contributed by atoms with van der Waals surface area (Å²) in [6.45, 7) is 2.95. The molecular weight excluding hydrogens is 219 g/mol. The van der Waals surface area contributed by atoms with Gasteiger partial charge in [-0.1, -0.05) is 6.92 Å². The van der Waals surface area contributed by atoms with Crippen LogP contribution in [-0.4, -0.2) is 32.5 Å². The van der Waals surface area contributed by atoms with Crippen LogP contribution >= 0.6 is 0 Å². The van der Waals surface area contributed by atoms with Crippen molar-refractivity contribution in [3.8, 4) is 0 Å². The first kappa shape index (κ1) is 13.8. The van der Waals surface area contributed by atoms with Crippen molar-refractivity contribution in [2.75, 3.05) is 26.3 Å². The molecule has 0 spiro atoms. The molecule has 0 amide bonds. The second-order valence-electron chi connectivity index (χ2n) is 4.55. The second kappa shape index (κ2) is 5.87. The molecule has 0 saturated heterocycles. The highest BCUT2D eigenvalue weighted by Crippen LogP contribution is 2.47. The summed E-state index contributed by atoms with van der Waals surface area (Å²) in [5, 5.41) is 3.28. The summed E-state index contributed by atoms with van der Waals surface area (Å²) in [5.74, 6) is 0.